The minimum absolute atomic E-state index is 0.341. The number of carboxylic acid groups (broad SMARTS) is 1. The third kappa shape index (κ3) is 5.50. The van der Waals surface area contributed by atoms with Gasteiger partial charge in [0.15, 0.2) is 0 Å². The molecule has 0 radical (unpaired) electrons. The van der Waals surface area contributed by atoms with E-state index in [1.165, 1.54) is 56.2 Å². The average Bonchev–Trinajstić information content (AvgIpc) is 2.64. The molecule has 0 unspecified atom stereocenters. The molecular weight excluding hydrogens is 202 g/mol. The summed E-state index contributed by atoms with van der Waals surface area (Å²) in [6, 6.07) is 0. The first-order chi connectivity index (χ1) is 7.62. The van der Waals surface area contributed by atoms with Gasteiger partial charge >= 0.3 is 5.97 Å². The summed E-state index contributed by atoms with van der Waals surface area (Å²) in [6.45, 7) is 4.04. The van der Waals surface area contributed by atoms with Crippen LogP contribution in [0.3, 0.4) is 0 Å². The van der Waals surface area contributed by atoms with Crippen LogP contribution in [0.1, 0.15) is 51.4 Å². The number of aliphatic carboxylic acids is 1. The molecule has 94 valence electrons. The van der Waals surface area contributed by atoms with Crippen molar-refractivity contribution in [2.45, 2.75) is 51.4 Å². The summed E-state index contributed by atoms with van der Waals surface area (Å²) in [5, 5.41) is 8.49. The smallest absolute Gasteiger partial charge is 0.303 e. The van der Waals surface area contributed by atoms with E-state index in [2.05, 4.69) is 7.05 Å². The molecule has 0 aliphatic carbocycles. The lowest BCUT2D eigenvalue weighted by molar-refractivity contribution is -0.897. The number of unbranched alkanes of at least 4 members (excludes halogenated alkanes) is 4. The third-order valence-corrected chi connectivity index (χ3v) is 3.73. The van der Waals surface area contributed by atoms with Gasteiger partial charge in [0.1, 0.15) is 0 Å². The standard InChI is InChI=1S/C13H25NO2/c1-14(11-7-8-12-14)10-6-4-2-3-5-9-13(15)16/h2-12H2,1H3/p+1. The van der Waals surface area contributed by atoms with Crippen molar-refractivity contribution >= 4 is 5.97 Å². The molecule has 0 amide bonds. The molecule has 1 saturated heterocycles. The van der Waals surface area contributed by atoms with Gasteiger partial charge in [0, 0.05) is 19.3 Å². The van der Waals surface area contributed by atoms with Crippen molar-refractivity contribution in [3.05, 3.63) is 0 Å². The Morgan fingerprint density at radius 2 is 1.62 bits per heavy atom. The Bertz CT molecular complexity index is 210. The van der Waals surface area contributed by atoms with Gasteiger partial charge in [0.25, 0.3) is 0 Å². The molecule has 1 N–H and O–H groups in total. The number of rotatable bonds is 8. The van der Waals surface area contributed by atoms with Gasteiger partial charge in [-0.1, -0.05) is 12.8 Å². The van der Waals surface area contributed by atoms with E-state index in [9.17, 15) is 4.79 Å². The van der Waals surface area contributed by atoms with Crippen molar-refractivity contribution in [1.29, 1.82) is 0 Å². The summed E-state index contributed by atoms with van der Waals surface area (Å²) >= 11 is 0. The fourth-order valence-corrected chi connectivity index (χ4v) is 2.62. The van der Waals surface area contributed by atoms with E-state index in [0.717, 1.165) is 12.8 Å². The normalized spacial score (nSPS) is 18.8. The van der Waals surface area contributed by atoms with E-state index in [1.807, 2.05) is 0 Å². The Hall–Kier alpha value is -0.570. The Labute approximate surface area is 99.0 Å². The first-order valence-electron chi connectivity index (χ1n) is 6.68. The number of hydrogen-bond donors (Lipinski definition) is 1. The summed E-state index contributed by atoms with van der Waals surface area (Å²) in [5.74, 6) is -0.657. The van der Waals surface area contributed by atoms with Crippen LogP contribution in [0.25, 0.3) is 0 Å². The van der Waals surface area contributed by atoms with E-state index < -0.39 is 5.97 Å². The van der Waals surface area contributed by atoms with Crippen molar-refractivity contribution < 1.29 is 14.4 Å². The molecule has 1 aliphatic rings. The maximum absolute atomic E-state index is 10.3. The Balaban J connectivity index is 1.90. The number of nitrogens with zero attached hydrogens (tertiary/aromatic N) is 1. The highest BCUT2D eigenvalue weighted by Gasteiger charge is 2.25. The average molecular weight is 228 g/mol. The topological polar surface area (TPSA) is 37.3 Å². The van der Waals surface area contributed by atoms with E-state index in [-0.39, 0.29) is 0 Å². The lowest BCUT2D eigenvalue weighted by Crippen LogP contribution is -2.41. The van der Waals surface area contributed by atoms with Crippen LogP contribution in [0, 0.1) is 0 Å². The molecule has 0 aromatic carbocycles. The van der Waals surface area contributed by atoms with Crippen molar-refractivity contribution in [2.75, 3.05) is 26.7 Å². The van der Waals surface area contributed by atoms with Crippen LogP contribution >= 0.6 is 0 Å². The fraction of sp³-hybridized carbons (Fsp3) is 0.923. The van der Waals surface area contributed by atoms with Gasteiger partial charge in [-0.15, -0.1) is 0 Å². The van der Waals surface area contributed by atoms with Crippen molar-refractivity contribution in [3.63, 3.8) is 0 Å². The molecule has 0 aromatic rings. The van der Waals surface area contributed by atoms with E-state index in [4.69, 9.17) is 5.11 Å². The zero-order chi connectivity index (χ0) is 11.9. The van der Waals surface area contributed by atoms with E-state index >= 15 is 0 Å². The van der Waals surface area contributed by atoms with Crippen LogP contribution in [0.15, 0.2) is 0 Å². The zero-order valence-corrected chi connectivity index (χ0v) is 10.6. The van der Waals surface area contributed by atoms with Gasteiger partial charge in [-0.2, -0.15) is 0 Å². The van der Waals surface area contributed by atoms with Crippen LogP contribution in [-0.4, -0.2) is 42.2 Å². The quantitative estimate of drug-likeness (QED) is 0.512. The Morgan fingerprint density at radius 3 is 2.25 bits per heavy atom. The molecule has 3 heteroatoms. The molecular formula is C13H26NO2+. The predicted molar refractivity (Wildman–Crippen MR) is 65.4 cm³/mol. The number of carbonyl (C=O) groups is 1. The van der Waals surface area contributed by atoms with Crippen LogP contribution in [0.5, 0.6) is 0 Å². The minimum atomic E-state index is -0.657. The van der Waals surface area contributed by atoms with Gasteiger partial charge < -0.3 is 9.59 Å². The van der Waals surface area contributed by atoms with Gasteiger partial charge in [-0.25, -0.2) is 0 Å². The first-order valence-corrected chi connectivity index (χ1v) is 6.68. The number of carboxylic acids is 1. The van der Waals surface area contributed by atoms with Crippen molar-refractivity contribution in [2.24, 2.45) is 0 Å². The molecule has 0 saturated carbocycles. The van der Waals surface area contributed by atoms with Crippen molar-refractivity contribution in [3.8, 4) is 0 Å². The summed E-state index contributed by atoms with van der Waals surface area (Å²) in [6.07, 6.45) is 8.85. The van der Waals surface area contributed by atoms with E-state index in [0.29, 0.717) is 6.42 Å². The molecule has 1 aliphatic heterocycles. The second kappa shape index (κ2) is 6.89. The highest BCUT2D eigenvalue weighted by molar-refractivity contribution is 5.66. The molecule has 1 fully saturated rings. The second-order valence-electron chi connectivity index (χ2n) is 5.41. The Morgan fingerprint density at radius 1 is 1.06 bits per heavy atom. The number of likely N-dealkylation sites (tertiary alicyclic amines) is 1. The maximum Gasteiger partial charge on any atom is 0.303 e. The van der Waals surface area contributed by atoms with Crippen LogP contribution in [0.4, 0.5) is 0 Å². The molecule has 1 rings (SSSR count). The molecule has 16 heavy (non-hydrogen) atoms. The molecule has 1 heterocycles. The summed E-state index contributed by atoms with van der Waals surface area (Å²) in [5.41, 5.74) is 0. The van der Waals surface area contributed by atoms with Gasteiger partial charge in [-0.05, 0) is 19.3 Å². The van der Waals surface area contributed by atoms with Crippen LogP contribution < -0.4 is 0 Å². The summed E-state index contributed by atoms with van der Waals surface area (Å²) < 4.78 is 1.27. The highest BCUT2D eigenvalue weighted by Crippen LogP contribution is 2.18. The SMILES string of the molecule is C[N+]1(CCCCCCCC(=O)O)CCCC1. The largest absolute Gasteiger partial charge is 0.481 e. The van der Waals surface area contributed by atoms with Gasteiger partial charge in [0.05, 0.1) is 26.7 Å². The lowest BCUT2D eigenvalue weighted by Gasteiger charge is -2.29. The number of quaternary nitrogens is 1. The molecule has 0 aromatic heterocycles. The maximum atomic E-state index is 10.3. The van der Waals surface area contributed by atoms with Crippen LogP contribution in [0.2, 0.25) is 0 Å². The van der Waals surface area contributed by atoms with Crippen LogP contribution in [-0.2, 0) is 4.79 Å². The first kappa shape index (κ1) is 13.5. The molecule has 0 spiro atoms. The van der Waals surface area contributed by atoms with E-state index in [1.54, 1.807) is 0 Å². The van der Waals surface area contributed by atoms with Gasteiger partial charge in [0.2, 0.25) is 0 Å². The summed E-state index contributed by atoms with van der Waals surface area (Å²) in [7, 11) is 2.37. The monoisotopic (exact) mass is 228 g/mol. The molecule has 0 bridgehead atoms. The Kier molecular flexibility index (Phi) is 5.81. The predicted octanol–water partition coefficient (Wildman–Crippen LogP) is 2.65. The number of hydrogen-bond acceptors (Lipinski definition) is 1. The molecule has 0 atom stereocenters. The minimum Gasteiger partial charge on any atom is -0.481 e. The third-order valence-electron chi connectivity index (χ3n) is 3.73. The lowest BCUT2D eigenvalue weighted by atomic mass is 10.1. The fourth-order valence-electron chi connectivity index (χ4n) is 2.62. The van der Waals surface area contributed by atoms with Crippen molar-refractivity contribution in [1.82, 2.24) is 0 Å². The second-order valence-corrected chi connectivity index (χ2v) is 5.41. The van der Waals surface area contributed by atoms with Gasteiger partial charge in [-0.3, -0.25) is 4.79 Å². The highest BCUT2D eigenvalue weighted by atomic mass is 16.4. The summed E-state index contributed by atoms with van der Waals surface area (Å²) in [4.78, 5) is 10.3. The molecule has 3 nitrogen and oxygen atoms in total. The zero-order valence-electron chi connectivity index (χ0n) is 10.6.